The molecule has 3 unspecified atom stereocenters. The summed E-state index contributed by atoms with van der Waals surface area (Å²) >= 11 is 5.33. The second-order valence-electron chi connectivity index (χ2n) is 6.47. The Morgan fingerprint density at radius 3 is 2.45 bits per heavy atom. The molecule has 0 spiro atoms. The van der Waals surface area contributed by atoms with Crippen molar-refractivity contribution in [2.24, 2.45) is 11.3 Å². The molecule has 0 bridgehead atoms. The number of thioether (sulfide) groups is 2. The van der Waals surface area contributed by atoms with Crippen molar-refractivity contribution < 1.29 is 0 Å². The maximum atomic E-state index is 4.32. The SMILES string of the molecule is CNC1CCC(C(C)(C)C)CC1Sc1nnc(SC)s1. The molecule has 3 atom stereocenters. The van der Waals surface area contributed by atoms with Crippen LogP contribution in [0.5, 0.6) is 0 Å². The number of hydrogen-bond donors (Lipinski definition) is 1. The van der Waals surface area contributed by atoms with Crippen molar-refractivity contribution in [2.45, 2.75) is 60.0 Å². The number of rotatable bonds is 4. The van der Waals surface area contributed by atoms with Crippen LogP contribution in [0, 0.1) is 11.3 Å². The van der Waals surface area contributed by atoms with Gasteiger partial charge in [-0.15, -0.1) is 10.2 Å². The van der Waals surface area contributed by atoms with E-state index in [2.05, 4.69) is 49.6 Å². The molecule has 20 heavy (non-hydrogen) atoms. The molecule has 1 N–H and O–H groups in total. The zero-order chi connectivity index (χ0) is 14.8. The standard InChI is InChI=1S/C14H25N3S3/c1-14(2,3)9-6-7-10(15-4)11(8-9)19-13-17-16-12(18-5)20-13/h9-11,15H,6-8H2,1-5H3. The van der Waals surface area contributed by atoms with E-state index in [9.17, 15) is 0 Å². The first-order valence-corrected chi connectivity index (χ1v) is 10.1. The van der Waals surface area contributed by atoms with Crippen LogP contribution in [0.15, 0.2) is 8.68 Å². The van der Waals surface area contributed by atoms with E-state index in [1.165, 1.54) is 19.3 Å². The van der Waals surface area contributed by atoms with Crippen LogP contribution in [0.25, 0.3) is 0 Å². The Kier molecular flexibility index (Phi) is 5.79. The smallest absolute Gasteiger partial charge is 0.175 e. The summed E-state index contributed by atoms with van der Waals surface area (Å²) in [6.07, 6.45) is 5.93. The first-order chi connectivity index (χ1) is 9.44. The number of hydrogen-bond acceptors (Lipinski definition) is 6. The van der Waals surface area contributed by atoms with Crippen LogP contribution in [-0.2, 0) is 0 Å². The third kappa shape index (κ3) is 4.12. The molecule has 6 heteroatoms. The van der Waals surface area contributed by atoms with Crippen molar-refractivity contribution in [2.75, 3.05) is 13.3 Å². The molecule has 0 radical (unpaired) electrons. The molecule has 1 aliphatic carbocycles. The van der Waals surface area contributed by atoms with Crippen LogP contribution in [0.4, 0.5) is 0 Å². The van der Waals surface area contributed by atoms with Crippen molar-refractivity contribution in [1.29, 1.82) is 0 Å². The zero-order valence-electron chi connectivity index (χ0n) is 13.0. The van der Waals surface area contributed by atoms with Crippen molar-refractivity contribution in [1.82, 2.24) is 15.5 Å². The highest BCUT2D eigenvalue weighted by Crippen LogP contribution is 2.44. The Hall–Kier alpha value is 0.220. The van der Waals surface area contributed by atoms with Gasteiger partial charge in [-0.25, -0.2) is 0 Å². The summed E-state index contributed by atoms with van der Waals surface area (Å²) in [7, 11) is 2.09. The minimum Gasteiger partial charge on any atom is -0.316 e. The van der Waals surface area contributed by atoms with Gasteiger partial charge < -0.3 is 5.32 Å². The lowest BCUT2D eigenvalue weighted by Crippen LogP contribution is -2.43. The van der Waals surface area contributed by atoms with Gasteiger partial charge in [-0.2, -0.15) is 0 Å². The van der Waals surface area contributed by atoms with Crippen LogP contribution < -0.4 is 5.32 Å². The predicted octanol–water partition coefficient (Wildman–Crippen LogP) is 4.15. The molecule has 1 saturated carbocycles. The van der Waals surface area contributed by atoms with E-state index in [-0.39, 0.29) is 0 Å². The molecule has 2 rings (SSSR count). The summed E-state index contributed by atoms with van der Waals surface area (Å²) < 4.78 is 2.19. The Labute approximate surface area is 135 Å². The fraction of sp³-hybridized carbons (Fsp3) is 0.857. The largest absolute Gasteiger partial charge is 0.316 e. The van der Waals surface area contributed by atoms with E-state index in [4.69, 9.17) is 0 Å². The summed E-state index contributed by atoms with van der Waals surface area (Å²) in [6.45, 7) is 7.11. The molecule has 3 nitrogen and oxygen atoms in total. The molecule has 1 heterocycles. The lowest BCUT2D eigenvalue weighted by Gasteiger charge is -2.41. The van der Waals surface area contributed by atoms with Gasteiger partial charge >= 0.3 is 0 Å². The van der Waals surface area contributed by atoms with Crippen LogP contribution >= 0.6 is 34.9 Å². The molecular formula is C14H25N3S3. The van der Waals surface area contributed by atoms with Gasteiger partial charge in [-0.1, -0.05) is 55.6 Å². The summed E-state index contributed by atoms with van der Waals surface area (Å²) in [6, 6.07) is 0.597. The molecule has 0 aliphatic heterocycles. The molecule has 1 aliphatic rings. The number of aromatic nitrogens is 2. The highest BCUT2D eigenvalue weighted by Gasteiger charge is 2.36. The Morgan fingerprint density at radius 2 is 1.90 bits per heavy atom. The summed E-state index contributed by atoms with van der Waals surface area (Å²) in [5.41, 5.74) is 0.406. The van der Waals surface area contributed by atoms with Crippen LogP contribution in [-0.4, -0.2) is 34.8 Å². The molecule has 1 aromatic heterocycles. The second-order valence-corrected chi connectivity index (χ2v) is 9.98. The highest BCUT2D eigenvalue weighted by atomic mass is 32.2. The van der Waals surface area contributed by atoms with Crippen LogP contribution in [0.1, 0.15) is 40.0 Å². The Balaban J connectivity index is 2.05. The minimum atomic E-state index is 0.406. The van der Waals surface area contributed by atoms with Gasteiger partial charge in [0.1, 0.15) is 0 Å². The first kappa shape index (κ1) is 16.6. The van der Waals surface area contributed by atoms with Crippen molar-refractivity contribution in [3.05, 3.63) is 0 Å². The van der Waals surface area contributed by atoms with Gasteiger partial charge in [0.2, 0.25) is 0 Å². The van der Waals surface area contributed by atoms with Crippen LogP contribution in [0.2, 0.25) is 0 Å². The average Bonchev–Trinajstić information content (AvgIpc) is 2.85. The lowest BCUT2D eigenvalue weighted by atomic mass is 9.71. The fourth-order valence-electron chi connectivity index (χ4n) is 2.83. The Morgan fingerprint density at radius 1 is 1.20 bits per heavy atom. The van der Waals surface area contributed by atoms with Crippen LogP contribution in [0.3, 0.4) is 0 Å². The second kappa shape index (κ2) is 6.99. The van der Waals surface area contributed by atoms with Crippen molar-refractivity contribution in [3.63, 3.8) is 0 Å². The van der Waals surface area contributed by atoms with Gasteiger partial charge in [-0.05, 0) is 43.9 Å². The molecule has 114 valence electrons. The van der Waals surface area contributed by atoms with Crippen molar-refractivity contribution in [3.8, 4) is 0 Å². The van der Waals surface area contributed by atoms with E-state index in [1.807, 2.05) is 11.8 Å². The van der Waals surface area contributed by atoms with Gasteiger partial charge in [0, 0.05) is 11.3 Å². The monoisotopic (exact) mass is 331 g/mol. The first-order valence-electron chi connectivity index (χ1n) is 7.15. The molecule has 0 saturated heterocycles. The van der Waals surface area contributed by atoms with Gasteiger partial charge in [0.25, 0.3) is 0 Å². The topological polar surface area (TPSA) is 37.8 Å². The predicted molar refractivity (Wildman–Crippen MR) is 91.0 cm³/mol. The van der Waals surface area contributed by atoms with E-state index in [0.29, 0.717) is 16.7 Å². The van der Waals surface area contributed by atoms with E-state index in [0.717, 1.165) is 14.6 Å². The summed E-state index contributed by atoms with van der Waals surface area (Å²) in [4.78, 5) is 0. The molecule has 1 aromatic rings. The van der Waals surface area contributed by atoms with E-state index < -0.39 is 0 Å². The maximum absolute atomic E-state index is 4.32. The Bertz CT molecular complexity index is 428. The minimum absolute atomic E-state index is 0.406. The van der Waals surface area contributed by atoms with Crippen molar-refractivity contribution >= 4 is 34.9 Å². The van der Waals surface area contributed by atoms with E-state index >= 15 is 0 Å². The van der Waals surface area contributed by atoms with Gasteiger partial charge in [0.05, 0.1) is 0 Å². The molecular weight excluding hydrogens is 306 g/mol. The molecule has 1 fully saturated rings. The maximum Gasteiger partial charge on any atom is 0.175 e. The number of nitrogens with zero attached hydrogens (tertiary/aromatic N) is 2. The molecule has 0 aromatic carbocycles. The number of nitrogens with one attached hydrogen (secondary N) is 1. The summed E-state index contributed by atoms with van der Waals surface area (Å²) in [5, 5.41) is 12.6. The lowest BCUT2D eigenvalue weighted by molar-refractivity contribution is 0.167. The summed E-state index contributed by atoms with van der Waals surface area (Å²) in [5.74, 6) is 0.803. The normalized spacial score (nSPS) is 27.8. The zero-order valence-corrected chi connectivity index (χ0v) is 15.4. The third-order valence-corrected chi connectivity index (χ3v) is 7.54. The van der Waals surface area contributed by atoms with E-state index in [1.54, 1.807) is 23.1 Å². The van der Waals surface area contributed by atoms with Gasteiger partial charge in [0.15, 0.2) is 8.68 Å². The average molecular weight is 332 g/mol. The third-order valence-electron chi connectivity index (χ3n) is 4.20. The fourth-order valence-corrected chi connectivity index (χ4v) is 5.91. The molecule has 0 amide bonds. The quantitative estimate of drug-likeness (QED) is 0.839. The highest BCUT2D eigenvalue weighted by molar-refractivity contribution is 8.03. The van der Waals surface area contributed by atoms with Gasteiger partial charge in [-0.3, -0.25) is 0 Å².